The zero-order valence-electron chi connectivity index (χ0n) is 11.7. The monoisotopic (exact) mass is 337 g/mol. The third-order valence-corrected chi connectivity index (χ3v) is 3.83. The van der Waals surface area contributed by atoms with E-state index in [1.54, 1.807) is 13.2 Å². The van der Waals surface area contributed by atoms with Gasteiger partial charge in [-0.1, -0.05) is 22.0 Å². The van der Waals surface area contributed by atoms with Gasteiger partial charge in [0.15, 0.2) is 0 Å². The van der Waals surface area contributed by atoms with Crippen LogP contribution in [-0.2, 0) is 0 Å². The number of hydrogen-bond donors (Lipinski definition) is 1. The Labute approximate surface area is 127 Å². The highest BCUT2D eigenvalue weighted by Gasteiger charge is 2.19. The molecule has 0 fully saturated rings. The maximum absolute atomic E-state index is 13.3. The second kappa shape index (κ2) is 6.37. The van der Waals surface area contributed by atoms with Crippen LogP contribution in [0, 0.1) is 12.7 Å². The molecular weight excluding hydrogens is 321 g/mol. The van der Waals surface area contributed by atoms with Gasteiger partial charge >= 0.3 is 0 Å². The zero-order valence-corrected chi connectivity index (χ0v) is 13.3. The first-order chi connectivity index (χ1) is 9.56. The van der Waals surface area contributed by atoms with Crippen molar-refractivity contribution < 1.29 is 9.13 Å². The Hall–Kier alpha value is -1.39. The molecule has 0 bridgehead atoms. The minimum absolute atomic E-state index is 0.0527. The van der Waals surface area contributed by atoms with Gasteiger partial charge in [0.05, 0.1) is 13.2 Å². The molecule has 2 nitrogen and oxygen atoms in total. The van der Waals surface area contributed by atoms with Gasteiger partial charge in [-0.05, 0) is 55.4 Å². The van der Waals surface area contributed by atoms with E-state index >= 15 is 0 Å². The first-order valence-corrected chi connectivity index (χ1v) is 7.13. The first kappa shape index (κ1) is 15.0. The third kappa shape index (κ3) is 3.02. The van der Waals surface area contributed by atoms with Gasteiger partial charge in [0, 0.05) is 10.0 Å². The predicted molar refractivity (Wildman–Crippen MR) is 82.7 cm³/mol. The fourth-order valence-electron chi connectivity index (χ4n) is 2.37. The van der Waals surface area contributed by atoms with Crippen LogP contribution in [0.3, 0.4) is 0 Å². The quantitative estimate of drug-likeness (QED) is 0.902. The lowest BCUT2D eigenvalue weighted by Gasteiger charge is -2.22. The summed E-state index contributed by atoms with van der Waals surface area (Å²) in [7, 11) is 3.53. The summed E-state index contributed by atoms with van der Waals surface area (Å²) in [6, 6.07) is 10.7. The van der Waals surface area contributed by atoms with Crippen molar-refractivity contribution in [1.29, 1.82) is 0 Å². The average molecular weight is 338 g/mol. The van der Waals surface area contributed by atoms with Crippen LogP contribution >= 0.6 is 15.9 Å². The van der Waals surface area contributed by atoms with E-state index in [4.69, 9.17) is 4.74 Å². The Bertz CT molecular complexity index is 615. The van der Waals surface area contributed by atoms with Gasteiger partial charge in [-0.15, -0.1) is 0 Å². The van der Waals surface area contributed by atoms with Crippen molar-refractivity contribution in [3.05, 3.63) is 63.4 Å². The molecule has 1 unspecified atom stereocenters. The average Bonchev–Trinajstić information content (AvgIpc) is 2.42. The van der Waals surface area contributed by atoms with E-state index in [9.17, 15) is 4.39 Å². The van der Waals surface area contributed by atoms with Crippen molar-refractivity contribution in [3.8, 4) is 5.75 Å². The molecule has 0 saturated heterocycles. The van der Waals surface area contributed by atoms with Crippen molar-refractivity contribution in [2.45, 2.75) is 13.0 Å². The van der Waals surface area contributed by atoms with Gasteiger partial charge < -0.3 is 10.1 Å². The fourth-order valence-corrected chi connectivity index (χ4v) is 2.75. The van der Waals surface area contributed by atoms with Crippen molar-refractivity contribution in [3.63, 3.8) is 0 Å². The summed E-state index contributed by atoms with van der Waals surface area (Å²) in [5, 5.41) is 3.27. The Kier molecular flexibility index (Phi) is 4.78. The van der Waals surface area contributed by atoms with E-state index in [1.165, 1.54) is 6.07 Å². The van der Waals surface area contributed by atoms with Crippen LogP contribution in [0.15, 0.2) is 40.9 Å². The summed E-state index contributed by atoms with van der Waals surface area (Å²) in [5.74, 6) is 0.582. The summed E-state index contributed by atoms with van der Waals surface area (Å²) < 4.78 is 19.7. The molecule has 106 valence electrons. The smallest absolute Gasteiger partial charge is 0.124 e. The largest absolute Gasteiger partial charge is 0.496 e. The molecular formula is C16H17BrFNO. The van der Waals surface area contributed by atoms with Crippen LogP contribution in [0.1, 0.15) is 22.7 Å². The maximum Gasteiger partial charge on any atom is 0.124 e. The molecule has 0 saturated carbocycles. The second-order valence-corrected chi connectivity index (χ2v) is 5.52. The van der Waals surface area contributed by atoms with Gasteiger partial charge in [0.25, 0.3) is 0 Å². The third-order valence-electron chi connectivity index (χ3n) is 3.33. The van der Waals surface area contributed by atoms with Crippen molar-refractivity contribution in [2.75, 3.05) is 14.2 Å². The van der Waals surface area contributed by atoms with Crippen molar-refractivity contribution >= 4 is 15.9 Å². The SMILES string of the molecule is CNC(c1ccc(F)cc1C)c1cc(Br)ccc1OC. The minimum atomic E-state index is -0.220. The van der Waals surface area contributed by atoms with Gasteiger partial charge in [-0.2, -0.15) is 0 Å². The molecule has 20 heavy (non-hydrogen) atoms. The van der Waals surface area contributed by atoms with E-state index in [0.717, 1.165) is 26.9 Å². The number of halogens is 2. The highest BCUT2D eigenvalue weighted by atomic mass is 79.9. The molecule has 0 amide bonds. The molecule has 0 aliphatic rings. The number of rotatable bonds is 4. The minimum Gasteiger partial charge on any atom is -0.496 e. The number of ether oxygens (including phenoxy) is 1. The Morgan fingerprint density at radius 3 is 2.50 bits per heavy atom. The predicted octanol–water partition coefficient (Wildman–Crippen LogP) is 4.21. The standard InChI is InChI=1S/C16H17BrFNO/c1-10-8-12(18)5-6-13(10)16(19-2)14-9-11(17)4-7-15(14)20-3/h4-9,16,19H,1-3H3. The van der Waals surface area contributed by atoms with Gasteiger partial charge in [-0.25, -0.2) is 4.39 Å². The number of nitrogens with one attached hydrogen (secondary N) is 1. The van der Waals surface area contributed by atoms with Crippen LogP contribution in [0.5, 0.6) is 5.75 Å². The molecule has 0 radical (unpaired) electrons. The molecule has 0 aliphatic carbocycles. The summed E-state index contributed by atoms with van der Waals surface area (Å²) in [4.78, 5) is 0. The number of hydrogen-bond acceptors (Lipinski definition) is 2. The molecule has 1 atom stereocenters. The molecule has 2 aromatic rings. The topological polar surface area (TPSA) is 21.3 Å². The summed E-state index contributed by atoms with van der Waals surface area (Å²) >= 11 is 3.48. The molecule has 0 aliphatic heterocycles. The van der Waals surface area contributed by atoms with E-state index in [0.29, 0.717) is 0 Å². The molecule has 0 spiro atoms. The second-order valence-electron chi connectivity index (χ2n) is 4.61. The van der Waals surface area contributed by atoms with E-state index < -0.39 is 0 Å². The van der Waals surface area contributed by atoms with Gasteiger partial charge in [0.1, 0.15) is 11.6 Å². The van der Waals surface area contributed by atoms with Crippen LogP contribution < -0.4 is 10.1 Å². The highest BCUT2D eigenvalue weighted by molar-refractivity contribution is 9.10. The lowest BCUT2D eigenvalue weighted by Crippen LogP contribution is -2.19. The molecule has 2 rings (SSSR count). The van der Waals surface area contributed by atoms with E-state index in [1.807, 2.05) is 38.2 Å². The van der Waals surface area contributed by atoms with Gasteiger partial charge in [0.2, 0.25) is 0 Å². The molecule has 4 heteroatoms. The lowest BCUT2D eigenvalue weighted by atomic mass is 9.94. The lowest BCUT2D eigenvalue weighted by molar-refractivity contribution is 0.405. The Morgan fingerprint density at radius 2 is 1.90 bits per heavy atom. The zero-order chi connectivity index (χ0) is 14.7. The number of aryl methyl sites for hydroxylation is 1. The Balaban J connectivity index is 2.54. The summed E-state index contributed by atoms with van der Waals surface area (Å²) in [5.41, 5.74) is 2.95. The summed E-state index contributed by atoms with van der Waals surface area (Å²) in [6.07, 6.45) is 0. The maximum atomic E-state index is 13.3. The number of methoxy groups -OCH3 is 1. The van der Waals surface area contributed by atoms with Gasteiger partial charge in [-0.3, -0.25) is 0 Å². The van der Waals surface area contributed by atoms with Crippen LogP contribution in [0.25, 0.3) is 0 Å². The normalized spacial score (nSPS) is 12.2. The van der Waals surface area contributed by atoms with Crippen LogP contribution in [0.4, 0.5) is 4.39 Å². The van der Waals surface area contributed by atoms with Crippen molar-refractivity contribution in [2.24, 2.45) is 0 Å². The number of benzene rings is 2. The highest BCUT2D eigenvalue weighted by Crippen LogP contribution is 2.33. The fraction of sp³-hybridized carbons (Fsp3) is 0.250. The molecule has 0 heterocycles. The van der Waals surface area contributed by atoms with E-state index in [2.05, 4.69) is 21.2 Å². The van der Waals surface area contributed by atoms with Crippen molar-refractivity contribution in [1.82, 2.24) is 5.32 Å². The Morgan fingerprint density at radius 1 is 1.15 bits per heavy atom. The molecule has 2 aromatic carbocycles. The van der Waals surface area contributed by atoms with Crippen LogP contribution in [-0.4, -0.2) is 14.2 Å². The van der Waals surface area contributed by atoms with Crippen LogP contribution in [0.2, 0.25) is 0 Å². The molecule has 0 aromatic heterocycles. The first-order valence-electron chi connectivity index (χ1n) is 6.33. The summed E-state index contributed by atoms with van der Waals surface area (Å²) in [6.45, 7) is 1.91. The van der Waals surface area contributed by atoms with E-state index in [-0.39, 0.29) is 11.9 Å². The molecule has 1 N–H and O–H groups in total.